The smallest absolute Gasteiger partial charge is 0.236 e. The third-order valence-electron chi connectivity index (χ3n) is 4.89. The first-order chi connectivity index (χ1) is 17.3. The van der Waals surface area contributed by atoms with Crippen LogP contribution in [0.25, 0.3) is 11.3 Å². The van der Waals surface area contributed by atoms with Crippen molar-refractivity contribution in [1.29, 1.82) is 0 Å². The number of rotatable bonds is 10. The van der Waals surface area contributed by atoms with E-state index >= 15 is 0 Å². The van der Waals surface area contributed by atoms with Gasteiger partial charge in [-0.2, -0.15) is 0 Å². The van der Waals surface area contributed by atoms with Crippen LogP contribution in [-0.4, -0.2) is 31.4 Å². The number of carbonyl (C=O) groups is 1. The van der Waals surface area contributed by atoms with E-state index in [0.717, 1.165) is 11.1 Å². The molecule has 1 amide bonds. The van der Waals surface area contributed by atoms with Gasteiger partial charge in [0, 0.05) is 27.5 Å². The SMILES string of the molecule is C=CCn1c(COc2ccc(Cl)cc2C)nnc1SCC(=O)Nc1nc(-c2ccc(Cl)cc2Cl)cs1. The Hall–Kier alpha value is -2.56. The van der Waals surface area contributed by atoms with Gasteiger partial charge in [0.15, 0.2) is 16.1 Å². The Labute approximate surface area is 231 Å². The summed E-state index contributed by atoms with van der Waals surface area (Å²) in [7, 11) is 0. The summed E-state index contributed by atoms with van der Waals surface area (Å²) in [6.45, 7) is 6.42. The fraction of sp³-hybridized carbons (Fsp3) is 0.167. The van der Waals surface area contributed by atoms with Gasteiger partial charge >= 0.3 is 0 Å². The second-order valence-corrected chi connectivity index (χ2v) is 10.6. The van der Waals surface area contributed by atoms with Crippen LogP contribution in [0, 0.1) is 6.92 Å². The number of aryl methyl sites for hydroxylation is 1. The summed E-state index contributed by atoms with van der Waals surface area (Å²) in [4.78, 5) is 17.0. The van der Waals surface area contributed by atoms with Gasteiger partial charge in [-0.15, -0.1) is 28.1 Å². The summed E-state index contributed by atoms with van der Waals surface area (Å²) in [6, 6.07) is 10.6. The molecule has 0 spiro atoms. The minimum atomic E-state index is -0.217. The average molecular weight is 581 g/mol. The molecule has 12 heteroatoms. The third kappa shape index (κ3) is 6.60. The van der Waals surface area contributed by atoms with E-state index < -0.39 is 0 Å². The highest BCUT2D eigenvalue weighted by Crippen LogP contribution is 2.32. The number of halogens is 3. The summed E-state index contributed by atoms with van der Waals surface area (Å²) in [5.74, 6) is 1.24. The first-order valence-electron chi connectivity index (χ1n) is 10.6. The molecule has 2 aromatic heterocycles. The molecule has 186 valence electrons. The maximum atomic E-state index is 12.6. The summed E-state index contributed by atoms with van der Waals surface area (Å²) in [5, 5.41) is 15.9. The highest BCUT2D eigenvalue weighted by Gasteiger charge is 2.16. The lowest BCUT2D eigenvalue weighted by Gasteiger charge is -2.11. The zero-order chi connectivity index (χ0) is 25.7. The van der Waals surface area contributed by atoms with Gasteiger partial charge < -0.3 is 10.1 Å². The third-order valence-corrected chi connectivity index (χ3v) is 7.40. The second kappa shape index (κ2) is 12.1. The number of ether oxygens (including phenoxy) is 1. The molecule has 36 heavy (non-hydrogen) atoms. The monoisotopic (exact) mass is 579 g/mol. The number of nitrogens with one attached hydrogen (secondary N) is 1. The minimum Gasteiger partial charge on any atom is -0.485 e. The molecule has 4 rings (SSSR count). The lowest BCUT2D eigenvalue weighted by Crippen LogP contribution is -2.15. The number of benzene rings is 2. The molecule has 0 fully saturated rings. The van der Waals surface area contributed by atoms with E-state index in [-0.39, 0.29) is 18.3 Å². The van der Waals surface area contributed by atoms with E-state index in [4.69, 9.17) is 39.5 Å². The van der Waals surface area contributed by atoms with Gasteiger partial charge in [0.2, 0.25) is 5.91 Å². The maximum Gasteiger partial charge on any atom is 0.236 e. The van der Waals surface area contributed by atoms with E-state index in [1.165, 1.54) is 23.1 Å². The molecule has 0 bridgehead atoms. The summed E-state index contributed by atoms with van der Waals surface area (Å²) >= 11 is 20.8. The highest BCUT2D eigenvalue weighted by atomic mass is 35.5. The van der Waals surface area contributed by atoms with Crippen LogP contribution in [0.3, 0.4) is 0 Å². The summed E-state index contributed by atoms with van der Waals surface area (Å²) < 4.78 is 7.77. The van der Waals surface area contributed by atoms with Crippen molar-refractivity contribution in [2.75, 3.05) is 11.1 Å². The number of nitrogens with zero attached hydrogens (tertiary/aromatic N) is 4. The zero-order valence-corrected chi connectivity index (χ0v) is 22.9. The molecular weight excluding hydrogens is 561 g/mol. The van der Waals surface area contributed by atoms with E-state index in [1.807, 2.05) is 29.0 Å². The van der Waals surface area contributed by atoms with Gasteiger partial charge in [-0.05, 0) is 48.9 Å². The zero-order valence-electron chi connectivity index (χ0n) is 19.0. The molecule has 2 aromatic carbocycles. The van der Waals surface area contributed by atoms with Crippen LogP contribution in [-0.2, 0) is 17.9 Å². The molecule has 0 unspecified atom stereocenters. The van der Waals surface area contributed by atoms with Crippen LogP contribution in [0.4, 0.5) is 5.13 Å². The number of aromatic nitrogens is 4. The van der Waals surface area contributed by atoms with Crippen molar-refractivity contribution in [2.24, 2.45) is 0 Å². The largest absolute Gasteiger partial charge is 0.485 e. The second-order valence-electron chi connectivity index (χ2n) is 7.50. The van der Waals surface area contributed by atoms with Crippen LogP contribution < -0.4 is 10.1 Å². The van der Waals surface area contributed by atoms with Gasteiger partial charge in [-0.25, -0.2) is 4.98 Å². The van der Waals surface area contributed by atoms with Crippen LogP contribution in [0.5, 0.6) is 5.75 Å². The predicted molar refractivity (Wildman–Crippen MR) is 148 cm³/mol. The van der Waals surface area contributed by atoms with E-state index in [0.29, 0.717) is 49.2 Å². The molecule has 2 heterocycles. The molecule has 1 N–H and O–H groups in total. The predicted octanol–water partition coefficient (Wildman–Crippen LogP) is 7.17. The van der Waals surface area contributed by atoms with Gasteiger partial charge in [0.25, 0.3) is 0 Å². The van der Waals surface area contributed by atoms with Gasteiger partial charge in [-0.3, -0.25) is 9.36 Å². The average Bonchev–Trinajstić information content (AvgIpc) is 3.44. The standard InChI is InChI=1S/C24H20Cl3N5O2S2/c1-3-8-32-21(11-34-20-7-5-15(25)9-14(20)2)30-31-24(32)36-13-22(33)29-23-28-19(12-35-23)17-6-4-16(26)10-18(17)27/h3-7,9-10,12H,1,8,11,13H2,2H3,(H,28,29,33). The van der Waals surface area contributed by atoms with Crippen molar-refractivity contribution in [1.82, 2.24) is 19.7 Å². The van der Waals surface area contributed by atoms with Crippen molar-refractivity contribution in [3.63, 3.8) is 0 Å². The fourth-order valence-electron chi connectivity index (χ4n) is 3.20. The van der Waals surface area contributed by atoms with Crippen molar-refractivity contribution in [3.8, 4) is 17.0 Å². The van der Waals surface area contributed by atoms with E-state index in [2.05, 4.69) is 27.1 Å². The number of carbonyl (C=O) groups excluding carboxylic acids is 1. The fourth-order valence-corrected chi connectivity index (χ4v) is 5.42. The van der Waals surface area contributed by atoms with Crippen molar-refractivity contribution >= 4 is 68.9 Å². The first kappa shape index (κ1) is 26.5. The Morgan fingerprint density at radius 1 is 1.19 bits per heavy atom. The Morgan fingerprint density at radius 3 is 2.72 bits per heavy atom. The number of thioether (sulfide) groups is 1. The number of thiazole rings is 1. The minimum absolute atomic E-state index is 0.128. The molecule has 0 saturated carbocycles. The summed E-state index contributed by atoms with van der Waals surface area (Å²) in [5.41, 5.74) is 2.33. The quantitative estimate of drug-likeness (QED) is 0.158. The van der Waals surface area contributed by atoms with Crippen molar-refractivity contribution < 1.29 is 9.53 Å². The summed E-state index contributed by atoms with van der Waals surface area (Å²) in [6.07, 6.45) is 1.74. The van der Waals surface area contributed by atoms with E-state index in [9.17, 15) is 4.79 Å². The lowest BCUT2D eigenvalue weighted by atomic mass is 10.2. The van der Waals surface area contributed by atoms with E-state index in [1.54, 1.807) is 30.3 Å². The molecular formula is C24H20Cl3N5O2S2. The Bertz CT molecular complexity index is 1410. The molecule has 7 nitrogen and oxygen atoms in total. The van der Waals surface area contributed by atoms with Crippen LogP contribution in [0.15, 0.2) is 59.6 Å². The molecule has 0 saturated heterocycles. The first-order valence-corrected chi connectivity index (χ1v) is 13.6. The Kier molecular flexibility index (Phi) is 8.92. The van der Waals surface area contributed by atoms with Gasteiger partial charge in [-0.1, -0.05) is 52.6 Å². The highest BCUT2D eigenvalue weighted by molar-refractivity contribution is 7.99. The number of allylic oxidation sites excluding steroid dienone is 1. The molecule has 0 aliphatic carbocycles. The molecule has 0 radical (unpaired) electrons. The Morgan fingerprint density at radius 2 is 1.97 bits per heavy atom. The lowest BCUT2D eigenvalue weighted by molar-refractivity contribution is -0.113. The van der Waals surface area contributed by atoms with Crippen LogP contribution in [0.2, 0.25) is 15.1 Å². The topological polar surface area (TPSA) is 81.9 Å². The number of hydrogen-bond donors (Lipinski definition) is 1. The maximum absolute atomic E-state index is 12.6. The number of hydrogen-bond acceptors (Lipinski definition) is 7. The Balaban J connectivity index is 1.37. The van der Waals surface area contributed by atoms with Gasteiger partial charge in [0.05, 0.1) is 16.5 Å². The number of amides is 1. The molecule has 4 aromatic rings. The molecule has 0 atom stereocenters. The van der Waals surface area contributed by atoms with Crippen LogP contribution in [0.1, 0.15) is 11.4 Å². The van der Waals surface area contributed by atoms with Gasteiger partial charge in [0.1, 0.15) is 12.4 Å². The number of anilines is 1. The molecule has 0 aliphatic heterocycles. The molecule has 0 aliphatic rings. The van der Waals surface area contributed by atoms with Crippen molar-refractivity contribution in [2.45, 2.75) is 25.2 Å². The van der Waals surface area contributed by atoms with Crippen molar-refractivity contribution in [3.05, 3.63) is 80.9 Å². The normalized spacial score (nSPS) is 10.9. The van der Waals surface area contributed by atoms with Crippen LogP contribution >= 0.6 is 57.9 Å².